The number of likely N-dealkylation sites (tertiary alicyclic amines) is 1. The predicted molar refractivity (Wildman–Crippen MR) is 107 cm³/mol. The fourth-order valence-corrected chi connectivity index (χ4v) is 4.24. The molecule has 0 unspecified atom stereocenters. The average Bonchev–Trinajstić information content (AvgIpc) is 2.95. The van der Waals surface area contributed by atoms with Gasteiger partial charge in [0.1, 0.15) is 23.2 Å². The van der Waals surface area contributed by atoms with Crippen molar-refractivity contribution in [2.24, 2.45) is 5.92 Å². The van der Waals surface area contributed by atoms with Crippen LogP contribution in [-0.2, 0) is 0 Å². The topological polar surface area (TPSA) is 58.6 Å². The number of hydrogen-bond acceptors (Lipinski definition) is 3. The molecule has 2 aromatic carbocycles. The fraction of sp³-hybridized carbons (Fsp3) is 0.391. The largest absolute Gasteiger partial charge is 0.493 e. The zero-order valence-corrected chi connectivity index (χ0v) is 16.9. The lowest BCUT2D eigenvalue weighted by Gasteiger charge is -2.32. The minimum absolute atomic E-state index is 0.173. The van der Waals surface area contributed by atoms with Gasteiger partial charge in [-0.05, 0) is 31.7 Å². The van der Waals surface area contributed by atoms with Crippen LogP contribution in [0.5, 0.6) is 5.75 Å². The van der Waals surface area contributed by atoms with Crippen LogP contribution >= 0.6 is 0 Å². The van der Waals surface area contributed by atoms with Gasteiger partial charge < -0.3 is 15.0 Å². The smallest absolute Gasteiger partial charge is 0.317 e. The first kappa shape index (κ1) is 21.2. The second-order valence-electron chi connectivity index (χ2n) is 7.90. The van der Waals surface area contributed by atoms with E-state index in [0.717, 1.165) is 24.2 Å². The molecule has 2 aliphatic heterocycles. The number of urea groups is 1. The van der Waals surface area contributed by atoms with Crippen LogP contribution in [0.3, 0.4) is 0 Å². The number of nitrogens with zero attached hydrogens (tertiary/aromatic N) is 1. The van der Waals surface area contributed by atoms with Gasteiger partial charge in [-0.15, -0.1) is 0 Å². The molecule has 5 nitrogen and oxygen atoms in total. The van der Waals surface area contributed by atoms with Crippen molar-refractivity contribution in [1.29, 1.82) is 0 Å². The molecule has 2 amide bonds. The van der Waals surface area contributed by atoms with Crippen molar-refractivity contribution in [3.63, 3.8) is 0 Å². The van der Waals surface area contributed by atoms with Crippen LogP contribution in [0, 0.1) is 23.4 Å². The molecular weight excluding hydrogens is 409 g/mol. The highest BCUT2D eigenvalue weighted by Gasteiger charge is 2.32. The Morgan fingerprint density at radius 1 is 1.00 bits per heavy atom. The monoisotopic (exact) mass is 432 g/mol. The Morgan fingerprint density at radius 3 is 2.39 bits per heavy atom. The van der Waals surface area contributed by atoms with Crippen molar-refractivity contribution in [2.45, 2.75) is 31.7 Å². The van der Waals surface area contributed by atoms with E-state index in [9.17, 15) is 22.8 Å². The molecule has 0 saturated carbocycles. The molecule has 1 fully saturated rings. The van der Waals surface area contributed by atoms with E-state index >= 15 is 0 Å². The van der Waals surface area contributed by atoms with Crippen molar-refractivity contribution >= 4 is 11.8 Å². The minimum Gasteiger partial charge on any atom is -0.493 e. The molecular formula is C23H23F3N2O3. The Kier molecular flexibility index (Phi) is 6.15. The summed E-state index contributed by atoms with van der Waals surface area (Å²) in [5, 5.41) is 3.05. The molecule has 1 atom stereocenters. The third kappa shape index (κ3) is 4.52. The average molecular weight is 432 g/mol. The van der Waals surface area contributed by atoms with E-state index in [1.165, 1.54) is 0 Å². The van der Waals surface area contributed by atoms with E-state index in [1.807, 2.05) is 24.3 Å². The van der Waals surface area contributed by atoms with Gasteiger partial charge in [0.2, 0.25) is 0 Å². The van der Waals surface area contributed by atoms with Gasteiger partial charge in [-0.25, -0.2) is 18.0 Å². The number of benzene rings is 2. The number of ether oxygens (including phenoxy) is 1. The molecule has 0 bridgehead atoms. The number of halogens is 3. The maximum absolute atomic E-state index is 14.0. The van der Waals surface area contributed by atoms with Gasteiger partial charge in [0.15, 0.2) is 5.78 Å². The van der Waals surface area contributed by atoms with Gasteiger partial charge in [-0.3, -0.25) is 4.79 Å². The van der Waals surface area contributed by atoms with E-state index < -0.39 is 34.7 Å². The van der Waals surface area contributed by atoms with Crippen molar-refractivity contribution in [3.8, 4) is 5.75 Å². The van der Waals surface area contributed by atoms with Crippen LogP contribution < -0.4 is 10.1 Å². The summed E-state index contributed by atoms with van der Waals surface area (Å²) in [6, 6.07) is 8.20. The van der Waals surface area contributed by atoms with Crippen LogP contribution in [0.4, 0.5) is 18.0 Å². The number of ketones is 1. The Balaban J connectivity index is 1.38. The fourth-order valence-electron chi connectivity index (χ4n) is 4.24. The molecule has 4 rings (SSSR count). The van der Waals surface area contributed by atoms with Crippen LogP contribution in [0.25, 0.3) is 0 Å². The highest BCUT2D eigenvalue weighted by atomic mass is 19.1. The molecule has 2 heterocycles. The summed E-state index contributed by atoms with van der Waals surface area (Å²) in [6.07, 6.45) is 2.13. The molecule has 1 N–H and O–H groups in total. The number of rotatable bonds is 3. The number of carbonyl (C=O) groups excluding carboxylic acids is 2. The standard InChI is InChI=1S/C23H23F3N2O3/c24-15-12-17(25)21(18(26)13-15)22(29)14-7-9-28(10-8-14)23(30)27-19-5-3-11-31-20-6-2-1-4-16(19)20/h1-2,4,6,12-14,19H,3,5,7-11H2,(H,27,30)/t19-/m1/s1. The van der Waals surface area contributed by atoms with Crippen LogP contribution in [0.2, 0.25) is 0 Å². The van der Waals surface area contributed by atoms with Crippen LogP contribution in [0.1, 0.15) is 47.6 Å². The van der Waals surface area contributed by atoms with Crippen molar-refractivity contribution in [3.05, 3.63) is 65.0 Å². The Bertz CT molecular complexity index is 967. The van der Waals surface area contributed by atoms with Gasteiger partial charge in [0, 0.05) is 36.7 Å². The number of Topliss-reactive ketones (excluding diaryl/α,β-unsaturated/α-hetero) is 1. The van der Waals surface area contributed by atoms with Crippen molar-refractivity contribution < 1.29 is 27.5 Å². The molecule has 0 aliphatic carbocycles. The molecule has 2 aromatic rings. The van der Waals surface area contributed by atoms with Gasteiger partial charge >= 0.3 is 6.03 Å². The third-order valence-electron chi connectivity index (χ3n) is 5.89. The molecule has 1 saturated heterocycles. The van der Waals surface area contributed by atoms with Gasteiger partial charge in [-0.2, -0.15) is 0 Å². The number of hydrogen-bond donors (Lipinski definition) is 1. The minimum atomic E-state index is -1.20. The molecule has 31 heavy (non-hydrogen) atoms. The highest BCUT2D eigenvalue weighted by molar-refractivity contribution is 5.98. The number of para-hydroxylation sites is 1. The van der Waals surface area contributed by atoms with Crippen LogP contribution in [0.15, 0.2) is 36.4 Å². The Morgan fingerprint density at radius 2 is 1.68 bits per heavy atom. The van der Waals surface area contributed by atoms with Crippen molar-refractivity contribution in [1.82, 2.24) is 10.2 Å². The summed E-state index contributed by atoms with van der Waals surface area (Å²) >= 11 is 0. The summed E-state index contributed by atoms with van der Waals surface area (Å²) in [5.41, 5.74) is 0.222. The predicted octanol–water partition coefficient (Wildman–Crippen LogP) is 4.62. The Labute approximate surface area is 178 Å². The molecule has 164 valence electrons. The Hall–Kier alpha value is -3.03. The van der Waals surface area contributed by atoms with Crippen LogP contribution in [-0.4, -0.2) is 36.4 Å². The first-order valence-corrected chi connectivity index (χ1v) is 10.4. The maximum Gasteiger partial charge on any atom is 0.317 e. The lowest BCUT2D eigenvalue weighted by molar-refractivity contribution is 0.0844. The van der Waals surface area contributed by atoms with E-state index in [-0.39, 0.29) is 38.0 Å². The number of carbonyl (C=O) groups is 2. The zero-order valence-electron chi connectivity index (χ0n) is 16.9. The number of piperidine rings is 1. The molecule has 2 aliphatic rings. The number of amides is 2. The first-order valence-electron chi connectivity index (χ1n) is 10.4. The summed E-state index contributed by atoms with van der Waals surface area (Å²) in [7, 11) is 0. The van der Waals surface area contributed by atoms with Gasteiger partial charge in [-0.1, -0.05) is 18.2 Å². The first-order chi connectivity index (χ1) is 14.9. The molecule has 8 heteroatoms. The van der Waals surface area contributed by atoms with E-state index in [0.29, 0.717) is 18.7 Å². The number of nitrogens with one attached hydrogen (secondary N) is 1. The summed E-state index contributed by atoms with van der Waals surface area (Å²) in [6.45, 7) is 1.17. The third-order valence-corrected chi connectivity index (χ3v) is 5.89. The van der Waals surface area contributed by atoms with Gasteiger partial charge in [0.05, 0.1) is 18.2 Å². The van der Waals surface area contributed by atoms with Gasteiger partial charge in [0.25, 0.3) is 0 Å². The highest BCUT2D eigenvalue weighted by Crippen LogP contribution is 2.32. The molecule has 0 radical (unpaired) electrons. The lowest BCUT2D eigenvalue weighted by atomic mass is 9.88. The van der Waals surface area contributed by atoms with E-state index in [4.69, 9.17) is 4.74 Å². The number of fused-ring (bicyclic) bond motifs is 1. The summed E-state index contributed by atoms with van der Waals surface area (Å²) in [4.78, 5) is 27.0. The second-order valence-corrected chi connectivity index (χ2v) is 7.90. The summed E-state index contributed by atoms with van der Waals surface area (Å²) < 4.78 is 46.7. The van der Waals surface area contributed by atoms with E-state index in [1.54, 1.807) is 4.90 Å². The lowest BCUT2D eigenvalue weighted by Crippen LogP contribution is -2.46. The quantitative estimate of drug-likeness (QED) is 0.720. The van der Waals surface area contributed by atoms with Crippen molar-refractivity contribution in [2.75, 3.05) is 19.7 Å². The molecule has 0 aromatic heterocycles. The summed E-state index contributed by atoms with van der Waals surface area (Å²) in [5.74, 6) is -4.01. The normalized spacial score (nSPS) is 19.2. The zero-order chi connectivity index (χ0) is 22.0. The maximum atomic E-state index is 14.0. The molecule has 0 spiro atoms. The van der Waals surface area contributed by atoms with E-state index in [2.05, 4.69) is 5.32 Å². The second kappa shape index (κ2) is 8.99. The SMILES string of the molecule is O=C(c1c(F)cc(F)cc1F)C1CCN(C(=O)N[C@@H]2CCCOc3ccccc32)CC1.